The molecule has 0 saturated carbocycles. The molecule has 0 saturated heterocycles. The minimum Gasteiger partial charge on any atom is -0.376 e. The van der Waals surface area contributed by atoms with Crippen molar-refractivity contribution in [3.63, 3.8) is 0 Å². The van der Waals surface area contributed by atoms with Gasteiger partial charge in [-0.1, -0.05) is 26.0 Å². The molecule has 1 aromatic rings. The fourth-order valence-corrected chi connectivity index (χ4v) is 1.61. The minimum absolute atomic E-state index is 0.189. The van der Waals surface area contributed by atoms with E-state index in [-0.39, 0.29) is 6.10 Å². The van der Waals surface area contributed by atoms with Crippen molar-refractivity contribution in [2.24, 2.45) is 5.92 Å². The number of hydrogen-bond donors (Lipinski definition) is 1. The van der Waals surface area contributed by atoms with Gasteiger partial charge in [0.15, 0.2) is 0 Å². The second kappa shape index (κ2) is 4.68. The van der Waals surface area contributed by atoms with Gasteiger partial charge in [-0.15, -0.1) is 12.6 Å². The molecule has 72 valence electrons. The third-order valence-electron chi connectivity index (χ3n) is 2.08. The molecule has 0 aliphatic carbocycles. The lowest BCUT2D eigenvalue weighted by atomic mass is 9.99. The highest BCUT2D eigenvalue weighted by Crippen LogP contribution is 2.25. The molecule has 0 N–H and O–H groups in total. The number of methoxy groups -OCH3 is 1. The fraction of sp³-hybridized carbons (Fsp3) is 0.455. The zero-order chi connectivity index (χ0) is 9.84. The average molecular weight is 196 g/mol. The van der Waals surface area contributed by atoms with Crippen LogP contribution < -0.4 is 0 Å². The maximum atomic E-state index is 5.41. The molecule has 2 heteroatoms. The van der Waals surface area contributed by atoms with Gasteiger partial charge in [0, 0.05) is 12.0 Å². The predicted molar refractivity (Wildman–Crippen MR) is 58.3 cm³/mol. The Bertz CT molecular complexity index is 253. The highest BCUT2D eigenvalue weighted by molar-refractivity contribution is 7.80. The topological polar surface area (TPSA) is 9.23 Å². The van der Waals surface area contributed by atoms with Crippen LogP contribution in [-0.4, -0.2) is 7.11 Å². The van der Waals surface area contributed by atoms with E-state index in [1.165, 1.54) is 5.56 Å². The highest BCUT2D eigenvalue weighted by atomic mass is 32.1. The summed E-state index contributed by atoms with van der Waals surface area (Å²) < 4.78 is 5.41. The number of benzene rings is 1. The van der Waals surface area contributed by atoms with E-state index in [2.05, 4.69) is 38.6 Å². The maximum absolute atomic E-state index is 5.41. The first-order valence-electron chi connectivity index (χ1n) is 4.47. The van der Waals surface area contributed by atoms with Gasteiger partial charge in [-0.25, -0.2) is 0 Å². The Hall–Kier alpha value is -0.470. The van der Waals surface area contributed by atoms with Crippen LogP contribution in [-0.2, 0) is 4.74 Å². The van der Waals surface area contributed by atoms with Crippen LogP contribution >= 0.6 is 12.6 Å². The van der Waals surface area contributed by atoms with Crippen molar-refractivity contribution in [3.05, 3.63) is 29.8 Å². The third kappa shape index (κ3) is 2.75. The van der Waals surface area contributed by atoms with E-state index in [4.69, 9.17) is 4.74 Å². The van der Waals surface area contributed by atoms with E-state index in [0.717, 1.165) is 4.90 Å². The van der Waals surface area contributed by atoms with Crippen LogP contribution in [0.2, 0.25) is 0 Å². The summed E-state index contributed by atoms with van der Waals surface area (Å²) in [4.78, 5) is 0.988. The second-order valence-corrected chi connectivity index (χ2v) is 4.01. The molecule has 1 nitrogen and oxygen atoms in total. The van der Waals surface area contributed by atoms with Crippen LogP contribution in [0.1, 0.15) is 25.5 Å². The highest BCUT2D eigenvalue weighted by Gasteiger charge is 2.13. The van der Waals surface area contributed by atoms with E-state index in [0.29, 0.717) is 5.92 Å². The standard InChI is InChI=1S/C11H16OS/c1-8(2)11(12-3)9-4-6-10(13)7-5-9/h4-8,11,13H,1-3H3. The van der Waals surface area contributed by atoms with E-state index in [1.54, 1.807) is 7.11 Å². The quantitative estimate of drug-likeness (QED) is 0.730. The van der Waals surface area contributed by atoms with Crippen molar-refractivity contribution in [3.8, 4) is 0 Å². The zero-order valence-corrected chi connectivity index (χ0v) is 9.21. The SMILES string of the molecule is COC(c1ccc(S)cc1)C(C)C. The summed E-state index contributed by atoms with van der Waals surface area (Å²) in [7, 11) is 1.75. The molecule has 1 aromatic carbocycles. The molecule has 0 radical (unpaired) electrons. The summed E-state index contributed by atoms with van der Waals surface area (Å²) in [6.45, 7) is 4.31. The lowest BCUT2D eigenvalue weighted by molar-refractivity contribution is 0.0646. The molecule has 0 bridgehead atoms. The largest absolute Gasteiger partial charge is 0.376 e. The minimum atomic E-state index is 0.189. The van der Waals surface area contributed by atoms with Gasteiger partial charge in [0.25, 0.3) is 0 Å². The molecule has 0 amide bonds. The summed E-state index contributed by atoms with van der Waals surface area (Å²) in [6, 6.07) is 8.12. The molecule has 1 rings (SSSR count). The van der Waals surface area contributed by atoms with Gasteiger partial charge < -0.3 is 4.74 Å². The number of thiol groups is 1. The molecule has 13 heavy (non-hydrogen) atoms. The molecule has 0 aromatic heterocycles. The third-order valence-corrected chi connectivity index (χ3v) is 2.38. The van der Waals surface area contributed by atoms with Crippen molar-refractivity contribution < 1.29 is 4.74 Å². The smallest absolute Gasteiger partial charge is 0.0844 e. The Labute approximate surface area is 85.5 Å². The van der Waals surface area contributed by atoms with Gasteiger partial charge in [-0.05, 0) is 23.6 Å². The van der Waals surface area contributed by atoms with Gasteiger partial charge in [0.05, 0.1) is 6.10 Å². The summed E-state index contributed by atoms with van der Waals surface area (Å²) in [5.74, 6) is 0.496. The van der Waals surface area contributed by atoms with Crippen LogP contribution in [0, 0.1) is 5.92 Å². The van der Waals surface area contributed by atoms with Crippen molar-refractivity contribution in [2.75, 3.05) is 7.11 Å². The summed E-state index contributed by atoms with van der Waals surface area (Å²) in [5, 5.41) is 0. The van der Waals surface area contributed by atoms with Crippen LogP contribution in [0.3, 0.4) is 0 Å². The van der Waals surface area contributed by atoms with Crippen LogP contribution in [0.25, 0.3) is 0 Å². The monoisotopic (exact) mass is 196 g/mol. The maximum Gasteiger partial charge on any atom is 0.0844 e. The molecular formula is C11H16OS. The van der Waals surface area contributed by atoms with Crippen LogP contribution in [0.15, 0.2) is 29.2 Å². The van der Waals surface area contributed by atoms with E-state index >= 15 is 0 Å². The summed E-state index contributed by atoms with van der Waals surface area (Å²) in [5.41, 5.74) is 1.22. The van der Waals surface area contributed by atoms with Crippen molar-refractivity contribution >= 4 is 12.6 Å². The molecule has 0 aliphatic heterocycles. The summed E-state index contributed by atoms with van der Waals surface area (Å²) >= 11 is 4.24. The molecule has 1 unspecified atom stereocenters. The molecule has 0 heterocycles. The molecule has 0 fully saturated rings. The predicted octanol–water partition coefficient (Wildman–Crippen LogP) is 3.32. The second-order valence-electron chi connectivity index (χ2n) is 3.49. The first-order chi connectivity index (χ1) is 6.15. The Morgan fingerprint density at radius 3 is 2.08 bits per heavy atom. The molecular weight excluding hydrogens is 180 g/mol. The lowest BCUT2D eigenvalue weighted by Gasteiger charge is -2.19. The van der Waals surface area contributed by atoms with Gasteiger partial charge >= 0.3 is 0 Å². The van der Waals surface area contributed by atoms with Crippen molar-refractivity contribution in [2.45, 2.75) is 24.8 Å². The number of ether oxygens (including phenoxy) is 1. The Kier molecular flexibility index (Phi) is 3.82. The van der Waals surface area contributed by atoms with Crippen LogP contribution in [0.5, 0.6) is 0 Å². The van der Waals surface area contributed by atoms with E-state index < -0.39 is 0 Å². The zero-order valence-electron chi connectivity index (χ0n) is 8.32. The Morgan fingerprint density at radius 1 is 1.15 bits per heavy atom. The first kappa shape index (κ1) is 10.6. The molecule has 0 spiro atoms. The van der Waals surface area contributed by atoms with E-state index in [9.17, 15) is 0 Å². The first-order valence-corrected chi connectivity index (χ1v) is 4.91. The lowest BCUT2D eigenvalue weighted by Crippen LogP contribution is -2.08. The summed E-state index contributed by atoms with van der Waals surface area (Å²) in [6.07, 6.45) is 0.189. The Balaban J connectivity index is 2.86. The Morgan fingerprint density at radius 2 is 1.69 bits per heavy atom. The number of rotatable bonds is 3. The van der Waals surface area contributed by atoms with Crippen molar-refractivity contribution in [1.82, 2.24) is 0 Å². The molecule has 0 aliphatic rings. The van der Waals surface area contributed by atoms with E-state index in [1.807, 2.05) is 12.1 Å². The fourth-order valence-electron chi connectivity index (χ4n) is 1.46. The van der Waals surface area contributed by atoms with Gasteiger partial charge in [0.2, 0.25) is 0 Å². The van der Waals surface area contributed by atoms with Crippen molar-refractivity contribution in [1.29, 1.82) is 0 Å². The normalized spacial score (nSPS) is 13.3. The average Bonchev–Trinajstić information content (AvgIpc) is 2.09. The van der Waals surface area contributed by atoms with Gasteiger partial charge in [0.1, 0.15) is 0 Å². The van der Waals surface area contributed by atoms with Crippen LogP contribution in [0.4, 0.5) is 0 Å². The van der Waals surface area contributed by atoms with Gasteiger partial charge in [-0.2, -0.15) is 0 Å². The van der Waals surface area contributed by atoms with Gasteiger partial charge in [-0.3, -0.25) is 0 Å². The number of hydrogen-bond acceptors (Lipinski definition) is 2. The molecule has 1 atom stereocenters.